The van der Waals surface area contributed by atoms with Gasteiger partial charge in [0, 0.05) is 16.7 Å². The lowest BCUT2D eigenvalue weighted by molar-refractivity contribution is 0.0990. The highest BCUT2D eigenvalue weighted by atomic mass is 32.2. The molecule has 2 heterocycles. The zero-order valence-corrected chi connectivity index (χ0v) is 12.3. The quantitative estimate of drug-likeness (QED) is 0.781. The first-order valence-corrected chi connectivity index (χ1v) is 8.12. The highest BCUT2D eigenvalue weighted by molar-refractivity contribution is 8.00. The van der Waals surface area contributed by atoms with Gasteiger partial charge in [0.15, 0.2) is 0 Å². The van der Waals surface area contributed by atoms with Crippen LogP contribution in [-0.4, -0.2) is 17.7 Å². The average molecular weight is 289 g/mol. The van der Waals surface area contributed by atoms with Gasteiger partial charge in [-0.05, 0) is 30.0 Å². The minimum atomic E-state index is 0.122. The molecule has 98 valence electrons. The van der Waals surface area contributed by atoms with Gasteiger partial charge in [0.1, 0.15) is 0 Å². The monoisotopic (exact) mass is 289 g/mol. The van der Waals surface area contributed by atoms with Crippen molar-refractivity contribution in [2.24, 2.45) is 0 Å². The lowest BCUT2D eigenvalue weighted by Crippen LogP contribution is -2.31. The molecule has 1 aromatic carbocycles. The molecule has 2 aromatic rings. The van der Waals surface area contributed by atoms with Crippen LogP contribution in [0.1, 0.15) is 23.0 Å². The Kier molecular flexibility index (Phi) is 3.62. The summed E-state index contributed by atoms with van der Waals surface area (Å²) in [5.41, 5.74) is 1.05. The highest BCUT2D eigenvalue weighted by Gasteiger charge is 2.25. The van der Waals surface area contributed by atoms with Crippen molar-refractivity contribution < 1.29 is 4.79 Å². The summed E-state index contributed by atoms with van der Waals surface area (Å²) in [6.45, 7) is 3.02. The minimum Gasteiger partial charge on any atom is -0.306 e. The molecule has 4 heteroatoms. The molecule has 1 atom stereocenters. The number of thiophene rings is 1. The van der Waals surface area contributed by atoms with Crippen LogP contribution in [0.3, 0.4) is 0 Å². The van der Waals surface area contributed by atoms with E-state index < -0.39 is 0 Å². The van der Waals surface area contributed by atoms with Gasteiger partial charge in [0.2, 0.25) is 0 Å². The third-order valence-electron chi connectivity index (χ3n) is 3.22. The molecule has 0 bridgehead atoms. The molecule has 19 heavy (non-hydrogen) atoms. The van der Waals surface area contributed by atoms with Crippen molar-refractivity contribution in [1.29, 1.82) is 0 Å². The smallest absolute Gasteiger partial charge is 0.268 e. The summed E-state index contributed by atoms with van der Waals surface area (Å²) in [5.74, 6) is 0.122. The maximum absolute atomic E-state index is 12.6. The number of hydrogen-bond donors (Lipinski definition) is 0. The summed E-state index contributed by atoms with van der Waals surface area (Å²) < 4.78 is 0. The number of amides is 1. The molecule has 0 unspecified atom stereocenters. The standard InChI is InChI=1S/C15H15NOS2/c1-11-8-9-16(15(17)14-7-4-10-18-14)12-5-2-3-6-13(12)19-11/h2-7,10-11H,8-9H2,1H3/t11-/m0/s1. The number of carbonyl (C=O) groups excluding carboxylic acids is 1. The first-order valence-electron chi connectivity index (χ1n) is 6.37. The zero-order valence-electron chi connectivity index (χ0n) is 10.7. The van der Waals surface area contributed by atoms with E-state index >= 15 is 0 Å². The molecule has 1 amide bonds. The predicted octanol–water partition coefficient (Wildman–Crippen LogP) is 4.28. The predicted molar refractivity (Wildman–Crippen MR) is 82.4 cm³/mol. The molecule has 0 saturated carbocycles. The van der Waals surface area contributed by atoms with Gasteiger partial charge in [-0.2, -0.15) is 0 Å². The molecule has 1 aliphatic rings. The van der Waals surface area contributed by atoms with Gasteiger partial charge in [0.05, 0.1) is 10.6 Å². The molecule has 0 saturated heterocycles. The third kappa shape index (κ3) is 2.55. The fourth-order valence-corrected chi connectivity index (χ4v) is 4.02. The molecule has 0 spiro atoms. The van der Waals surface area contributed by atoms with E-state index in [1.807, 2.05) is 52.4 Å². The van der Waals surface area contributed by atoms with Crippen LogP contribution in [0.4, 0.5) is 5.69 Å². The summed E-state index contributed by atoms with van der Waals surface area (Å²) >= 11 is 3.37. The van der Waals surface area contributed by atoms with Crippen LogP contribution >= 0.6 is 23.1 Å². The van der Waals surface area contributed by atoms with E-state index in [2.05, 4.69) is 13.0 Å². The molecule has 1 aliphatic heterocycles. The Morgan fingerprint density at radius 1 is 1.26 bits per heavy atom. The molecule has 3 rings (SSSR count). The Labute approximate surface area is 121 Å². The van der Waals surface area contributed by atoms with E-state index in [0.29, 0.717) is 5.25 Å². The van der Waals surface area contributed by atoms with Gasteiger partial charge >= 0.3 is 0 Å². The second-order valence-corrected chi connectivity index (χ2v) is 7.05. The van der Waals surface area contributed by atoms with Crippen LogP contribution in [0.5, 0.6) is 0 Å². The van der Waals surface area contributed by atoms with E-state index in [0.717, 1.165) is 23.5 Å². The van der Waals surface area contributed by atoms with Crippen molar-refractivity contribution in [2.45, 2.75) is 23.5 Å². The number of benzene rings is 1. The molecular weight excluding hydrogens is 274 g/mol. The van der Waals surface area contributed by atoms with E-state index in [1.165, 1.54) is 16.2 Å². The van der Waals surface area contributed by atoms with Crippen LogP contribution < -0.4 is 4.90 Å². The van der Waals surface area contributed by atoms with Crippen molar-refractivity contribution in [1.82, 2.24) is 0 Å². The topological polar surface area (TPSA) is 20.3 Å². The van der Waals surface area contributed by atoms with E-state index in [4.69, 9.17) is 0 Å². The van der Waals surface area contributed by atoms with Crippen LogP contribution in [0.2, 0.25) is 0 Å². The number of carbonyl (C=O) groups is 1. The van der Waals surface area contributed by atoms with E-state index in [1.54, 1.807) is 0 Å². The lowest BCUT2D eigenvalue weighted by Gasteiger charge is -2.21. The molecular formula is C15H15NOS2. The fraction of sp³-hybridized carbons (Fsp3) is 0.267. The third-order valence-corrected chi connectivity index (χ3v) is 5.32. The van der Waals surface area contributed by atoms with Crippen LogP contribution in [0, 0.1) is 0 Å². The summed E-state index contributed by atoms with van der Waals surface area (Å²) in [4.78, 5) is 16.6. The summed E-state index contributed by atoms with van der Waals surface area (Å²) in [7, 11) is 0. The Hall–Kier alpha value is -1.26. The molecule has 0 aliphatic carbocycles. The van der Waals surface area contributed by atoms with Gasteiger partial charge in [-0.15, -0.1) is 23.1 Å². The number of anilines is 1. The average Bonchev–Trinajstić information content (AvgIpc) is 2.89. The first-order chi connectivity index (χ1) is 9.25. The molecule has 0 radical (unpaired) electrons. The van der Waals surface area contributed by atoms with Gasteiger partial charge in [-0.1, -0.05) is 25.1 Å². The van der Waals surface area contributed by atoms with Gasteiger partial charge < -0.3 is 4.90 Å². The second-order valence-electron chi connectivity index (χ2n) is 4.62. The molecule has 0 fully saturated rings. The zero-order chi connectivity index (χ0) is 13.2. The highest BCUT2D eigenvalue weighted by Crippen LogP contribution is 2.38. The molecule has 1 aromatic heterocycles. The number of fused-ring (bicyclic) bond motifs is 1. The van der Waals surface area contributed by atoms with E-state index in [9.17, 15) is 4.79 Å². The largest absolute Gasteiger partial charge is 0.306 e. The minimum absolute atomic E-state index is 0.122. The Bertz CT molecular complexity index is 580. The SMILES string of the molecule is C[C@H]1CCN(C(=O)c2cccs2)c2ccccc2S1. The van der Waals surface area contributed by atoms with Crippen molar-refractivity contribution in [3.8, 4) is 0 Å². The molecule has 2 nitrogen and oxygen atoms in total. The summed E-state index contributed by atoms with van der Waals surface area (Å²) in [6, 6.07) is 12.0. The number of rotatable bonds is 1. The fourth-order valence-electron chi connectivity index (χ4n) is 2.23. The Morgan fingerprint density at radius 2 is 2.11 bits per heavy atom. The molecule has 0 N–H and O–H groups in total. The van der Waals surface area contributed by atoms with Crippen LogP contribution in [0.25, 0.3) is 0 Å². The van der Waals surface area contributed by atoms with E-state index in [-0.39, 0.29) is 5.91 Å². The van der Waals surface area contributed by atoms with Crippen molar-refractivity contribution in [3.05, 3.63) is 46.7 Å². The van der Waals surface area contributed by atoms with Gasteiger partial charge in [-0.25, -0.2) is 0 Å². The van der Waals surface area contributed by atoms with Crippen molar-refractivity contribution in [2.75, 3.05) is 11.4 Å². The van der Waals surface area contributed by atoms with Crippen LogP contribution in [0.15, 0.2) is 46.7 Å². The lowest BCUT2D eigenvalue weighted by atomic mass is 10.2. The number of hydrogen-bond acceptors (Lipinski definition) is 3. The Balaban J connectivity index is 2.00. The van der Waals surface area contributed by atoms with Crippen LogP contribution in [-0.2, 0) is 0 Å². The van der Waals surface area contributed by atoms with Gasteiger partial charge in [-0.3, -0.25) is 4.79 Å². The number of nitrogens with zero attached hydrogens (tertiary/aromatic N) is 1. The Morgan fingerprint density at radius 3 is 2.89 bits per heavy atom. The van der Waals surface area contributed by atoms with Gasteiger partial charge in [0.25, 0.3) is 5.91 Å². The van der Waals surface area contributed by atoms with Crippen molar-refractivity contribution in [3.63, 3.8) is 0 Å². The first kappa shape index (κ1) is 12.8. The number of para-hydroxylation sites is 1. The summed E-state index contributed by atoms with van der Waals surface area (Å²) in [6.07, 6.45) is 1.02. The number of thioether (sulfide) groups is 1. The maximum atomic E-state index is 12.6. The summed E-state index contributed by atoms with van der Waals surface area (Å²) in [5, 5.41) is 2.50. The maximum Gasteiger partial charge on any atom is 0.268 e. The van der Waals surface area contributed by atoms with Crippen molar-refractivity contribution >= 4 is 34.7 Å². The second kappa shape index (κ2) is 5.39. The normalized spacial score (nSPS) is 18.8.